The summed E-state index contributed by atoms with van der Waals surface area (Å²) in [6.45, 7) is 1.94. The molecule has 0 aliphatic carbocycles. The Kier molecular flexibility index (Phi) is 8.32. The van der Waals surface area contributed by atoms with Crippen LogP contribution < -0.4 is 25.6 Å². The number of ether oxygens (including phenoxy) is 1. The number of hydrogen-bond acceptors (Lipinski definition) is 4. The number of nitrogens with zero attached hydrogens (tertiary/aromatic N) is 2. The van der Waals surface area contributed by atoms with Crippen molar-refractivity contribution in [2.75, 3.05) is 43.5 Å². The minimum atomic E-state index is -0.0320. The highest BCUT2D eigenvalue weighted by Gasteiger charge is 2.25. The molecule has 3 N–H and O–H groups in total. The van der Waals surface area contributed by atoms with Gasteiger partial charge in [-0.15, -0.1) is 24.0 Å². The largest absolute Gasteiger partial charge is 0.482 e. The number of para-hydroxylation sites is 3. The Morgan fingerprint density at radius 2 is 1.94 bits per heavy atom. The Morgan fingerprint density at radius 3 is 2.78 bits per heavy atom. The minimum absolute atomic E-state index is 0. The van der Waals surface area contributed by atoms with Crippen molar-refractivity contribution in [3.05, 3.63) is 54.1 Å². The Hall–Kier alpha value is -2.82. The van der Waals surface area contributed by atoms with E-state index in [4.69, 9.17) is 4.74 Å². The van der Waals surface area contributed by atoms with Crippen LogP contribution in [0.15, 0.2) is 53.5 Å². The Bertz CT molecular complexity index is 997. The van der Waals surface area contributed by atoms with Gasteiger partial charge in [0.1, 0.15) is 5.75 Å². The van der Waals surface area contributed by atoms with E-state index in [1.54, 1.807) is 11.9 Å². The summed E-state index contributed by atoms with van der Waals surface area (Å²) in [6.07, 6.45) is 1.20. The zero-order valence-electron chi connectivity index (χ0n) is 18.0. The zero-order chi connectivity index (χ0) is 21.6. The van der Waals surface area contributed by atoms with Gasteiger partial charge in [-0.2, -0.15) is 0 Å². The summed E-state index contributed by atoms with van der Waals surface area (Å²) in [5.41, 5.74) is 2.83. The molecule has 8 nitrogen and oxygen atoms in total. The third-order valence-corrected chi connectivity index (χ3v) is 5.51. The van der Waals surface area contributed by atoms with Gasteiger partial charge in [0.15, 0.2) is 12.6 Å². The highest BCUT2D eigenvalue weighted by atomic mass is 127. The number of anilines is 2. The number of nitrogens with one attached hydrogen (secondary N) is 3. The predicted octanol–water partition coefficient (Wildman–Crippen LogP) is 2.71. The van der Waals surface area contributed by atoms with E-state index in [9.17, 15) is 9.59 Å². The summed E-state index contributed by atoms with van der Waals surface area (Å²) in [5.74, 6) is 1.51. The van der Waals surface area contributed by atoms with Gasteiger partial charge in [0.25, 0.3) is 5.91 Å². The molecule has 2 heterocycles. The van der Waals surface area contributed by atoms with E-state index >= 15 is 0 Å². The maximum Gasteiger partial charge on any atom is 0.265 e. The van der Waals surface area contributed by atoms with Crippen LogP contribution in [0, 0.1) is 0 Å². The fourth-order valence-electron chi connectivity index (χ4n) is 3.97. The molecule has 2 amide bonds. The van der Waals surface area contributed by atoms with Crippen molar-refractivity contribution in [2.24, 2.45) is 4.99 Å². The van der Waals surface area contributed by atoms with E-state index in [2.05, 4.69) is 27.0 Å². The number of carbonyl (C=O) groups is 2. The summed E-state index contributed by atoms with van der Waals surface area (Å²) in [7, 11) is 1.72. The van der Waals surface area contributed by atoms with Crippen LogP contribution in [0.25, 0.3) is 0 Å². The van der Waals surface area contributed by atoms with Gasteiger partial charge in [0.2, 0.25) is 5.91 Å². The zero-order valence-corrected chi connectivity index (χ0v) is 20.3. The van der Waals surface area contributed by atoms with E-state index < -0.39 is 0 Å². The van der Waals surface area contributed by atoms with Crippen LogP contribution >= 0.6 is 24.0 Å². The van der Waals surface area contributed by atoms with Crippen LogP contribution in [0.3, 0.4) is 0 Å². The maximum atomic E-state index is 12.3. The SMILES string of the molecule is CN=C(NCCCN1C(=O)COc2ccccc21)NCC1CC(=O)Nc2ccccc21.I. The van der Waals surface area contributed by atoms with Crippen LogP contribution in [0.5, 0.6) is 5.75 Å². The normalized spacial score (nSPS) is 17.3. The molecular formula is C23H28IN5O3. The summed E-state index contributed by atoms with van der Waals surface area (Å²) in [4.78, 5) is 30.3. The van der Waals surface area contributed by atoms with Crippen molar-refractivity contribution in [3.63, 3.8) is 0 Å². The average Bonchev–Trinajstić information content (AvgIpc) is 2.79. The average molecular weight is 549 g/mol. The lowest BCUT2D eigenvalue weighted by molar-refractivity contribution is -0.121. The molecule has 0 saturated carbocycles. The third-order valence-electron chi connectivity index (χ3n) is 5.51. The van der Waals surface area contributed by atoms with Gasteiger partial charge in [-0.3, -0.25) is 14.6 Å². The van der Waals surface area contributed by atoms with Crippen molar-refractivity contribution in [2.45, 2.75) is 18.8 Å². The number of fused-ring (bicyclic) bond motifs is 2. The number of amides is 2. The van der Waals surface area contributed by atoms with Gasteiger partial charge in [-0.05, 0) is 30.2 Å². The highest BCUT2D eigenvalue weighted by Crippen LogP contribution is 2.32. The number of rotatable bonds is 6. The molecular weight excluding hydrogens is 521 g/mol. The van der Waals surface area contributed by atoms with Gasteiger partial charge in [-0.1, -0.05) is 30.3 Å². The van der Waals surface area contributed by atoms with Crippen LogP contribution in [0.2, 0.25) is 0 Å². The molecule has 1 unspecified atom stereocenters. The second-order valence-corrected chi connectivity index (χ2v) is 7.57. The number of aliphatic imine (C=N–C) groups is 1. The molecule has 170 valence electrons. The van der Waals surface area contributed by atoms with Gasteiger partial charge in [0.05, 0.1) is 5.69 Å². The second kappa shape index (κ2) is 11.2. The Morgan fingerprint density at radius 1 is 1.16 bits per heavy atom. The van der Waals surface area contributed by atoms with Crippen LogP contribution in [0.4, 0.5) is 11.4 Å². The van der Waals surface area contributed by atoms with Gasteiger partial charge < -0.3 is 25.6 Å². The molecule has 4 rings (SSSR count). The van der Waals surface area contributed by atoms with Gasteiger partial charge >= 0.3 is 0 Å². The predicted molar refractivity (Wildman–Crippen MR) is 136 cm³/mol. The first-order chi connectivity index (χ1) is 15.2. The van der Waals surface area contributed by atoms with Gasteiger partial charge in [-0.25, -0.2) is 0 Å². The lowest BCUT2D eigenvalue weighted by atomic mass is 9.90. The van der Waals surface area contributed by atoms with Crippen molar-refractivity contribution in [1.82, 2.24) is 10.6 Å². The van der Waals surface area contributed by atoms with Crippen molar-refractivity contribution in [3.8, 4) is 5.75 Å². The topological polar surface area (TPSA) is 95.1 Å². The van der Waals surface area contributed by atoms with E-state index in [-0.39, 0.29) is 48.3 Å². The van der Waals surface area contributed by atoms with E-state index in [0.29, 0.717) is 32.0 Å². The first kappa shape index (κ1) is 23.8. The second-order valence-electron chi connectivity index (χ2n) is 7.57. The summed E-state index contributed by atoms with van der Waals surface area (Å²) in [6, 6.07) is 15.5. The number of guanidine groups is 1. The molecule has 0 spiro atoms. The molecule has 0 fully saturated rings. The molecule has 0 radical (unpaired) electrons. The molecule has 2 aromatic rings. The Balaban J connectivity index is 0.00000289. The van der Waals surface area contributed by atoms with Crippen molar-refractivity contribution >= 4 is 53.1 Å². The van der Waals surface area contributed by atoms with Gasteiger partial charge in [0, 0.05) is 44.7 Å². The molecule has 2 aliphatic rings. The fraction of sp³-hybridized carbons (Fsp3) is 0.348. The minimum Gasteiger partial charge on any atom is -0.482 e. The summed E-state index contributed by atoms with van der Waals surface area (Å²) < 4.78 is 5.49. The molecule has 0 bridgehead atoms. The molecule has 9 heteroatoms. The number of benzene rings is 2. The molecule has 2 aliphatic heterocycles. The standard InChI is InChI=1S/C23H27N5O3.HI/c1-24-23(26-14-16-13-21(29)27-18-8-3-2-7-17(16)18)25-11-6-12-28-19-9-4-5-10-20(19)31-15-22(28)30;/h2-5,7-10,16H,6,11-15H2,1H3,(H,27,29)(H2,24,25,26);1H. The highest BCUT2D eigenvalue weighted by molar-refractivity contribution is 14.0. The quantitative estimate of drug-likeness (QED) is 0.223. The summed E-state index contributed by atoms with van der Waals surface area (Å²) >= 11 is 0. The van der Waals surface area contributed by atoms with E-state index in [1.165, 1.54) is 0 Å². The smallest absolute Gasteiger partial charge is 0.265 e. The van der Waals surface area contributed by atoms with Crippen LogP contribution in [0.1, 0.15) is 24.3 Å². The monoisotopic (exact) mass is 549 g/mol. The number of hydrogen-bond donors (Lipinski definition) is 3. The van der Waals surface area contributed by atoms with Crippen molar-refractivity contribution in [1.29, 1.82) is 0 Å². The molecule has 0 aromatic heterocycles. The fourth-order valence-corrected chi connectivity index (χ4v) is 3.97. The van der Waals surface area contributed by atoms with Crippen LogP contribution in [-0.4, -0.2) is 51.1 Å². The molecule has 32 heavy (non-hydrogen) atoms. The first-order valence-corrected chi connectivity index (χ1v) is 10.5. The Labute approximate surface area is 204 Å². The molecule has 2 aromatic carbocycles. The molecule has 1 atom stereocenters. The van der Waals surface area contributed by atoms with E-state index in [0.717, 1.165) is 29.1 Å². The lowest BCUT2D eigenvalue weighted by Crippen LogP contribution is -2.43. The lowest BCUT2D eigenvalue weighted by Gasteiger charge is -2.29. The van der Waals surface area contributed by atoms with Crippen LogP contribution in [-0.2, 0) is 9.59 Å². The summed E-state index contributed by atoms with van der Waals surface area (Å²) in [5, 5.41) is 9.54. The van der Waals surface area contributed by atoms with E-state index in [1.807, 2.05) is 42.5 Å². The first-order valence-electron chi connectivity index (χ1n) is 10.5. The number of halogens is 1. The maximum absolute atomic E-state index is 12.3. The third kappa shape index (κ3) is 5.50. The van der Waals surface area contributed by atoms with Crippen molar-refractivity contribution < 1.29 is 14.3 Å². The molecule has 0 saturated heterocycles. The number of carbonyl (C=O) groups excluding carboxylic acids is 2.